The molecule has 0 amide bonds. The molecule has 0 heterocycles. The van der Waals surface area contributed by atoms with Crippen LogP contribution in [0, 0.1) is 24.4 Å². The summed E-state index contributed by atoms with van der Waals surface area (Å²) in [4.78, 5) is 0. The van der Waals surface area contributed by atoms with Crippen molar-refractivity contribution < 1.29 is 13.2 Å². The minimum atomic E-state index is -1.25. The fraction of sp³-hybridized carbons (Fsp3) is 0.333. The Balaban J connectivity index is 3.36. The summed E-state index contributed by atoms with van der Waals surface area (Å²) in [7, 11) is 0. The average Bonchev–Trinajstić information content (AvgIpc) is 2.14. The van der Waals surface area contributed by atoms with Crippen LogP contribution in [0.1, 0.15) is 17.2 Å². The van der Waals surface area contributed by atoms with Gasteiger partial charge in [-0.25, -0.2) is 13.2 Å². The average molecular weight is 204 g/mol. The summed E-state index contributed by atoms with van der Waals surface area (Å²) < 4.78 is 39.4. The number of nitrogens with two attached hydrogens (primary N) is 2. The first-order valence-corrected chi connectivity index (χ1v) is 4.08. The normalized spacial score (nSPS) is 13.0. The number of halogens is 3. The Hall–Kier alpha value is -1.07. The molecule has 5 heteroatoms. The van der Waals surface area contributed by atoms with Gasteiger partial charge in [-0.15, -0.1) is 0 Å². The first kappa shape index (κ1) is 11.0. The van der Waals surface area contributed by atoms with Gasteiger partial charge in [0.2, 0.25) is 0 Å². The Morgan fingerprint density at radius 1 is 1.29 bits per heavy atom. The number of aryl methyl sites for hydroxylation is 1. The topological polar surface area (TPSA) is 52.0 Å². The van der Waals surface area contributed by atoms with Crippen LogP contribution in [0.15, 0.2) is 6.07 Å². The van der Waals surface area contributed by atoms with Crippen molar-refractivity contribution in [2.24, 2.45) is 11.5 Å². The van der Waals surface area contributed by atoms with Crippen LogP contribution < -0.4 is 11.5 Å². The van der Waals surface area contributed by atoms with Crippen LogP contribution in [0.2, 0.25) is 0 Å². The highest BCUT2D eigenvalue weighted by Gasteiger charge is 2.20. The maximum atomic E-state index is 13.2. The van der Waals surface area contributed by atoms with E-state index in [1.165, 1.54) is 6.92 Å². The summed E-state index contributed by atoms with van der Waals surface area (Å²) in [5.41, 5.74) is 9.91. The highest BCUT2D eigenvalue weighted by Crippen LogP contribution is 2.23. The fourth-order valence-corrected chi connectivity index (χ4v) is 1.19. The molecule has 1 aromatic rings. The molecule has 0 spiro atoms. The first-order chi connectivity index (χ1) is 6.49. The minimum absolute atomic E-state index is 0.0898. The molecule has 0 aromatic heterocycles. The fourth-order valence-electron chi connectivity index (χ4n) is 1.19. The zero-order valence-electron chi connectivity index (χ0n) is 7.65. The molecule has 1 rings (SSSR count). The van der Waals surface area contributed by atoms with E-state index in [1.54, 1.807) is 0 Å². The third kappa shape index (κ3) is 1.73. The van der Waals surface area contributed by atoms with E-state index in [2.05, 4.69) is 0 Å². The van der Waals surface area contributed by atoms with Crippen molar-refractivity contribution in [3.05, 3.63) is 34.6 Å². The second-order valence-electron chi connectivity index (χ2n) is 3.06. The van der Waals surface area contributed by atoms with Gasteiger partial charge in [0.25, 0.3) is 0 Å². The summed E-state index contributed by atoms with van der Waals surface area (Å²) in [6, 6.07) is -0.117. The molecule has 0 bridgehead atoms. The van der Waals surface area contributed by atoms with E-state index < -0.39 is 29.1 Å². The predicted molar refractivity (Wildman–Crippen MR) is 47.0 cm³/mol. The Kier molecular flexibility index (Phi) is 3.13. The SMILES string of the molecule is Cc1cc(F)c([C@@H](N)CN)c(F)c1F. The summed E-state index contributed by atoms with van der Waals surface area (Å²) >= 11 is 0. The van der Waals surface area contributed by atoms with E-state index >= 15 is 0 Å². The van der Waals surface area contributed by atoms with Gasteiger partial charge in [0.15, 0.2) is 11.6 Å². The first-order valence-electron chi connectivity index (χ1n) is 4.08. The van der Waals surface area contributed by atoms with Crippen LogP contribution >= 0.6 is 0 Å². The van der Waals surface area contributed by atoms with Gasteiger partial charge in [-0.05, 0) is 18.6 Å². The van der Waals surface area contributed by atoms with Crippen LogP contribution in [-0.4, -0.2) is 6.54 Å². The zero-order valence-corrected chi connectivity index (χ0v) is 7.65. The number of hydrogen-bond acceptors (Lipinski definition) is 2. The number of hydrogen-bond donors (Lipinski definition) is 2. The Bertz CT molecular complexity index is 352. The van der Waals surface area contributed by atoms with E-state index in [1.807, 2.05) is 0 Å². The molecule has 0 unspecified atom stereocenters. The van der Waals surface area contributed by atoms with Crippen molar-refractivity contribution in [1.82, 2.24) is 0 Å². The molecule has 0 aliphatic carbocycles. The minimum Gasteiger partial charge on any atom is -0.329 e. The quantitative estimate of drug-likeness (QED) is 0.715. The monoisotopic (exact) mass is 204 g/mol. The van der Waals surface area contributed by atoms with Crippen LogP contribution in [0.3, 0.4) is 0 Å². The van der Waals surface area contributed by atoms with Gasteiger partial charge in [0.05, 0.1) is 0 Å². The number of benzene rings is 1. The van der Waals surface area contributed by atoms with Crippen molar-refractivity contribution in [1.29, 1.82) is 0 Å². The summed E-state index contributed by atoms with van der Waals surface area (Å²) in [6.07, 6.45) is 0. The maximum Gasteiger partial charge on any atom is 0.166 e. The Labute approximate surface area is 79.7 Å². The van der Waals surface area contributed by atoms with Crippen LogP contribution in [-0.2, 0) is 0 Å². The van der Waals surface area contributed by atoms with Gasteiger partial charge in [-0.1, -0.05) is 0 Å². The van der Waals surface area contributed by atoms with Crippen molar-refractivity contribution in [2.75, 3.05) is 6.54 Å². The van der Waals surface area contributed by atoms with E-state index in [9.17, 15) is 13.2 Å². The predicted octanol–water partition coefficient (Wildman–Crippen LogP) is 1.37. The van der Waals surface area contributed by atoms with Crippen molar-refractivity contribution >= 4 is 0 Å². The van der Waals surface area contributed by atoms with Gasteiger partial charge in [0, 0.05) is 18.2 Å². The molecular weight excluding hydrogens is 193 g/mol. The van der Waals surface area contributed by atoms with E-state index in [0.29, 0.717) is 0 Å². The molecule has 0 saturated carbocycles. The van der Waals surface area contributed by atoms with Crippen LogP contribution in [0.25, 0.3) is 0 Å². The highest BCUT2D eigenvalue weighted by molar-refractivity contribution is 5.29. The largest absolute Gasteiger partial charge is 0.329 e. The number of rotatable bonds is 2. The molecule has 0 fully saturated rings. The second kappa shape index (κ2) is 3.98. The second-order valence-corrected chi connectivity index (χ2v) is 3.06. The molecule has 0 saturated heterocycles. The van der Waals surface area contributed by atoms with Gasteiger partial charge in [0.1, 0.15) is 5.82 Å². The van der Waals surface area contributed by atoms with E-state index in [-0.39, 0.29) is 12.1 Å². The van der Waals surface area contributed by atoms with Gasteiger partial charge >= 0.3 is 0 Å². The van der Waals surface area contributed by atoms with Crippen molar-refractivity contribution in [3.8, 4) is 0 Å². The molecular formula is C9H11F3N2. The Morgan fingerprint density at radius 3 is 2.36 bits per heavy atom. The molecule has 0 radical (unpaired) electrons. The van der Waals surface area contributed by atoms with Gasteiger partial charge < -0.3 is 11.5 Å². The lowest BCUT2D eigenvalue weighted by molar-refractivity contribution is 0.461. The molecule has 14 heavy (non-hydrogen) atoms. The standard InChI is InChI=1S/C9H11F3N2/c1-4-2-5(10)7(6(14)3-13)9(12)8(4)11/h2,6H,3,13-14H2,1H3/t6-/m0/s1. The molecule has 4 N–H and O–H groups in total. The van der Waals surface area contributed by atoms with Crippen LogP contribution in [0.4, 0.5) is 13.2 Å². The molecule has 1 atom stereocenters. The third-order valence-electron chi connectivity index (χ3n) is 2.00. The lowest BCUT2D eigenvalue weighted by atomic mass is 10.0. The maximum absolute atomic E-state index is 13.2. The summed E-state index contributed by atoms with van der Waals surface area (Å²) in [6.45, 7) is 1.13. The highest BCUT2D eigenvalue weighted by atomic mass is 19.2. The lowest BCUT2D eigenvalue weighted by Crippen LogP contribution is -2.24. The van der Waals surface area contributed by atoms with Crippen LogP contribution in [0.5, 0.6) is 0 Å². The van der Waals surface area contributed by atoms with Crippen molar-refractivity contribution in [2.45, 2.75) is 13.0 Å². The molecule has 0 aliphatic rings. The molecule has 2 nitrogen and oxygen atoms in total. The summed E-state index contributed by atoms with van der Waals surface area (Å²) in [5, 5.41) is 0. The van der Waals surface area contributed by atoms with E-state index in [0.717, 1.165) is 6.07 Å². The van der Waals surface area contributed by atoms with E-state index in [4.69, 9.17) is 11.5 Å². The third-order valence-corrected chi connectivity index (χ3v) is 2.00. The molecule has 1 aromatic carbocycles. The van der Waals surface area contributed by atoms with Gasteiger partial charge in [-0.3, -0.25) is 0 Å². The molecule has 78 valence electrons. The summed E-state index contributed by atoms with van der Waals surface area (Å²) in [5.74, 6) is -3.19. The Morgan fingerprint density at radius 2 is 1.86 bits per heavy atom. The zero-order chi connectivity index (χ0) is 10.9. The van der Waals surface area contributed by atoms with Gasteiger partial charge in [-0.2, -0.15) is 0 Å². The smallest absolute Gasteiger partial charge is 0.166 e. The lowest BCUT2D eigenvalue weighted by Gasteiger charge is -2.12. The molecule has 0 aliphatic heterocycles. The van der Waals surface area contributed by atoms with Crippen molar-refractivity contribution in [3.63, 3.8) is 0 Å².